The number of hydrogen-bond donors (Lipinski definition) is 2. The van der Waals surface area contributed by atoms with E-state index in [2.05, 4.69) is 0 Å². The first kappa shape index (κ1) is 43.0. The van der Waals surface area contributed by atoms with Gasteiger partial charge in [-0.15, -0.1) is 0 Å². The van der Waals surface area contributed by atoms with Gasteiger partial charge in [-0.05, 0) is 103 Å². The molecule has 1 unspecified atom stereocenters. The molecule has 6 aliphatic rings. The quantitative estimate of drug-likeness (QED) is 0.314. The van der Waals surface area contributed by atoms with Gasteiger partial charge >= 0.3 is 12.1 Å². The number of halogens is 2. The van der Waals surface area contributed by atoms with E-state index in [0.717, 1.165) is 18.9 Å². The molecule has 1 aromatic heterocycles. The molecule has 5 aliphatic carbocycles. The molecule has 1 aliphatic heterocycles. The number of allylic oxidation sites excluding steroid dienone is 4. The van der Waals surface area contributed by atoms with Crippen LogP contribution in [-0.4, -0.2) is 106 Å². The van der Waals surface area contributed by atoms with Crippen LogP contribution in [-0.2, 0) is 19.1 Å². The summed E-state index contributed by atoms with van der Waals surface area (Å²) in [6.07, 6.45) is 5.82. The third-order valence-corrected chi connectivity index (χ3v) is 15.1. The second-order valence-electron chi connectivity index (χ2n) is 19.8. The molecule has 330 valence electrons. The van der Waals surface area contributed by atoms with Crippen molar-refractivity contribution in [2.75, 3.05) is 38.3 Å². The molecule has 2 heterocycles. The minimum absolute atomic E-state index is 0.103. The Morgan fingerprint density at radius 2 is 1.75 bits per heavy atom. The molecule has 0 radical (unpaired) electrons. The number of carbonyl (C=O) groups is 4. The monoisotopic (exact) mass is 849 g/mol. The Hall–Kier alpha value is -4.63. The maximum absolute atomic E-state index is 17.6. The highest BCUT2D eigenvalue weighted by Crippen LogP contribution is 2.70. The van der Waals surface area contributed by atoms with Crippen LogP contribution in [0.25, 0.3) is 10.9 Å². The molecule has 8 rings (SSSR count). The first-order valence-electron chi connectivity index (χ1n) is 21.5. The second-order valence-corrected chi connectivity index (χ2v) is 19.8. The van der Waals surface area contributed by atoms with Crippen molar-refractivity contribution in [2.45, 2.75) is 122 Å². The lowest BCUT2D eigenvalue weighted by Gasteiger charge is -2.62. The lowest BCUT2D eigenvalue weighted by Crippen LogP contribution is -2.69. The van der Waals surface area contributed by atoms with E-state index in [0.29, 0.717) is 23.9 Å². The summed E-state index contributed by atoms with van der Waals surface area (Å²) in [4.78, 5) is 70.7. The topological polar surface area (TPSA) is 165 Å². The predicted molar refractivity (Wildman–Crippen MR) is 221 cm³/mol. The number of aliphatic hydroxyl groups is 2. The summed E-state index contributed by atoms with van der Waals surface area (Å²) in [6, 6.07) is 0.592. The van der Waals surface area contributed by atoms with Crippen molar-refractivity contribution >= 4 is 40.2 Å². The zero-order valence-corrected chi connectivity index (χ0v) is 36.2. The van der Waals surface area contributed by atoms with Crippen molar-refractivity contribution in [1.82, 2.24) is 9.47 Å². The Balaban J connectivity index is 1.05. The van der Waals surface area contributed by atoms with E-state index in [1.54, 1.807) is 62.0 Å². The molecule has 1 aromatic carbocycles. The molecular weight excluding hydrogens is 793 g/mol. The summed E-state index contributed by atoms with van der Waals surface area (Å²) in [7, 11) is 1.38. The van der Waals surface area contributed by atoms with Gasteiger partial charge in [-0.3, -0.25) is 14.4 Å². The fourth-order valence-corrected chi connectivity index (χ4v) is 11.9. The highest BCUT2D eigenvalue weighted by molar-refractivity contribution is 6.01. The molecule has 0 spiro atoms. The molecule has 4 saturated carbocycles. The van der Waals surface area contributed by atoms with E-state index in [9.17, 15) is 34.2 Å². The largest absolute Gasteiger partial charge is 0.492 e. The van der Waals surface area contributed by atoms with Crippen molar-refractivity contribution in [1.29, 1.82) is 0 Å². The number of fused-ring (bicyclic) bond motifs is 6. The maximum Gasteiger partial charge on any atom is 0.410 e. The van der Waals surface area contributed by atoms with Crippen LogP contribution in [0, 0.1) is 34.4 Å². The number of Topliss-reactive ketones (excluding diaryl/α,β-unsaturated/α-hetero) is 1. The maximum atomic E-state index is 17.6. The van der Waals surface area contributed by atoms with Gasteiger partial charge in [0.05, 0.1) is 24.1 Å². The minimum Gasteiger partial charge on any atom is -0.492 e. The Morgan fingerprint density at radius 1 is 1.05 bits per heavy atom. The van der Waals surface area contributed by atoms with Crippen molar-refractivity contribution in [2.24, 2.45) is 28.6 Å². The van der Waals surface area contributed by atoms with E-state index in [1.165, 1.54) is 25.5 Å². The molecule has 0 bridgehead atoms. The zero-order valence-electron chi connectivity index (χ0n) is 36.2. The Bertz CT molecular complexity index is 2350. The minimum atomic E-state index is -2.16. The number of ketones is 2. The molecular formula is C46H57F2N3O10. The number of aromatic nitrogens is 1. The first-order chi connectivity index (χ1) is 28.5. The average molecular weight is 850 g/mol. The fourth-order valence-electron chi connectivity index (χ4n) is 11.9. The van der Waals surface area contributed by atoms with Crippen LogP contribution in [0.5, 0.6) is 5.75 Å². The molecule has 5 fully saturated rings. The molecule has 1 saturated heterocycles. The van der Waals surface area contributed by atoms with Gasteiger partial charge in [0.25, 0.3) is 0 Å². The van der Waals surface area contributed by atoms with Gasteiger partial charge in [-0.1, -0.05) is 25.5 Å². The van der Waals surface area contributed by atoms with Crippen molar-refractivity contribution in [3.8, 4) is 5.75 Å². The number of piperazine rings is 1. The Labute approximate surface area is 353 Å². The van der Waals surface area contributed by atoms with Crippen molar-refractivity contribution in [3.05, 3.63) is 57.7 Å². The molecule has 15 heteroatoms. The molecule has 2 aromatic rings. The Kier molecular flexibility index (Phi) is 10.2. The number of hydrogen-bond acceptors (Lipinski definition) is 11. The number of carbonyl (C=O) groups excluding carboxylic acids is 4. The predicted octanol–water partition coefficient (Wildman–Crippen LogP) is 6.00. The number of methoxy groups -OCH3 is 1. The van der Waals surface area contributed by atoms with Gasteiger partial charge in [0, 0.05) is 54.7 Å². The van der Waals surface area contributed by atoms with Gasteiger partial charge in [-0.2, -0.15) is 0 Å². The number of anilines is 1. The number of benzene rings is 1. The van der Waals surface area contributed by atoms with Gasteiger partial charge < -0.3 is 38.8 Å². The number of nitrogens with zero attached hydrogens (tertiary/aromatic N) is 3. The van der Waals surface area contributed by atoms with Crippen LogP contribution in [0.3, 0.4) is 0 Å². The summed E-state index contributed by atoms with van der Waals surface area (Å²) in [6.45, 7) is 12.1. The van der Waals surface area contributed by atoms with Gasteiger partial charge in [0.1, 0.15) is 22.5 Å². The number of ether oxygens (including phenoxy) is 3. The summed E-state index contributed by atoms with van der Waals surface area (Å²) in [5.41, 5.74) is -7.73. The molecule has 61 heavy (non-hydrogen) atoms. The summed E-state index contributed by atoms with van der Waals surface area (Å²) in [5, 5.41) is 24.0. The standard InChI is InChI=1S/C46H57F2N3O10/c1-24-17-32-31-12-9-26-18-28(52)13-14-43(26,6)45(31,48)34(53)20-44(32,7)46(24,58)35(54)23-60-40(56)30-22-51(27-10-11-27)36-29(38(30)55)19-33(47)37(39(36)59-8)49-15-16-50(25(2)21-49)41(57)61-42(3,4)5/h13-14,18-19,22,24-25,27,31-32,34,53,58H,9-12,15-17,20-21,23H2,1-8H3/t24-,25?,31+,32+,34+,43+,44+,45+,46+/m0/s1. The lowest BCUT2D eigenvalue weighted by molar-refractivity contribution is -0.219. The summed E-state index contributed by atoms with van der Waals surface area (Å²) < 4.78 is 52.6. The number of rotatable bonds is 7. The summed E-state index contributed by atoms with van der Waals surface area (Å²) in [5.74, 6) is -4.82. The van der Waals surface area contributed by atoms with Gasteiger partial charge in [-0.25, -0.2) is 18.4 Å². The Morgan fingerprint density at radius 3 is 2.39 bits per heavy atom. The third-order valence-electron chi connectivity index (χ3n) is 15.1. The number of aliphatic hydroxyl groups excluding tert-OH is 1. The fraction of sp³-hybridized carbons (Fsp3) is 0.630. The van der Waals surface area contributed by atoms with Crippen LogP contribution in [0.4, 0.5) is 19.3 Å². The second kappa shape index (κ2) is 14.5. The van der Waals surface area contributed by atoms with Crippen LogP contribution in [0.15, 0.2) is 40.9 Å². The van der Waals surface area contributed by atoms with Crippen molar-refractivity contribution in [3.63, 3.8) is 0 Å². The molecule has 2 N–H and O–H groups in total. The average Bonchev–Trinajstić information content (AvgIpc) is 4.01. The number of pyridine rings is 1. The van der Waals surface area contributed by atoms with E-state index < -0.39 is 92.8 Å². The number of alkyl halides is 1. The van der Waals surface area contributed by atoms with Crippen LogP contribution in [0.2, 0.25) is 0 Å². The molecule has 1 amide bonds. The van der Waals surface area contributed by atoms with Crippen molar-refractivity contribution < 1.29 is 52.4 Å². The first-order valence-corrected chi connectivity index (χ1v) is 21.5. The van der Waals surface area contributed by atoms with Gasteiger partial charge in [0.2, 0.25) is 11.2 Å². The molecule has 13 nitrogen and oxygen atoms in total. The van der Waals surface area contributed by atoms with E-state index in [4.69, 9.17) is 14.2 Å². The lowest BCUT2D eigenvalue weighted by atomic mass is 9.44. The van der Waals surface area contributed by atoms with Crippen LogP contribution in [0.1, 0.15) is 103 Å². The zero-order chi connectivity index (χ0) is 44.4. The number of esters is 1. The van der Waals surface area contributed by atoms with Crippen LogP contribution >= 0.6 is 0 Å². The normalized spacial score (nSPS) is 34.7. The highest BCUT2D eigenvalue weighted by Gasteiger charge is 2.75. The highest BCUT2D eigenvalue weighted by atomic mass is 19.1. The smallest absolute Gasteiger partial charge is 0.410 e. The molecule has 9 atom stereocenters. The summed E-state index contributed by atoms with van der Waals surface area (Å²) >= 11 is 0. The van der Waals surface area contributed by atoms with E-state index >= 15 is 8.78 Å². The van der Waals surface area contributed by atoms with E-state index in [1.807, 2.05) is 6.92 Å². The third kappa shape index (κ3) is 6.37. The van der Waals surface area contributed by atoms with Crippen LogP contribution < -0.4 is 15.1 Å². The van der Waals surface area contributed by atoms with E-state index in [-0.39, 0.29) is 67.2 Å². The number of amides is 1. The SMILES string of the molecule is COc1c(N2CCN(C(=O)OC(C)(C)C)C(C)C2)c(F)cc2c(=O)c(C(=O)OCC(=O)[C@]3(O)[C@@H](C)C[C@@H]4[C@H]5CCC6=CC(=O)C=C[C@@]6(C)[C@]5(F)[C@H](O)C[C@]43C)cn(C3CC3)c12. The van der Waals surface area contributed by atoms with Gasteiger partial charge in [0.15, 0.2) is 29.6 Å².